The molecule has 0 unspecified atom stereocenters. The molecule has 0 aromatic heterocycles. The number of hydrogen-bond donors (Lipinski definition) is 2. The van der Waals surface area contributed by atoms with E-state index in [-0.39, 0.29) is 12.4 Å². The van der Waals surface area contributed by atoms with Gasteiger partial charge in [0, 0.05) is 6.54 Å². The molecule has 2 aromatic carbocycles. The van der Waals surface area contributed by atoms with Crippen molar-refractivity contribution in [3.63, 3.8) is 0 Å². The van der Waals surface area contributed by atoms with Gasteiger partial charge in [0.25, 0.3) is 5.91 Å². The molecule has 7 nitrogen and oxygen atoms in total. The van der Waals surface area contributed by atoms with Gasteiger partial charge in [0.1, 0.15) is 23.7 Å². The molecule has 1 atom stereocenters. The fourth-order valence-electron chi connectivity index (χ4n) is 2.96. The summed E-state index contributed by atoms with van der Waals surface area (Å²) in [4.78, 5) is 38.2. The summed E-state index contributed by atoms with van der Waals surface area (Å²) in [5, 5.41) is 5.26. The molecular formula is C20H20FN3O4. The number of carbonyl (C=O) groups is 3. The summed E-state index contributed by atoms with van der Waals surface area (Å²) >= 11 is 0. The van der Waals surface area contributed by atoms with E-state index in [1.807, 2.05) is 0 Å². The summed E-state index contributed by atoms with van der Waals surface area (Å²) < 4.78 is 18.0. The highest BCUT2D eigenvalue weighted by atomic mass is 19.1. The van der Waals surface area contributed by atoms with Crippen LogP contribution in [0.2, 0.25) is 0 Å². The second-order valence-electron chi connectivity index (χ2n) is 6.58. The maximum atomic E-state index is 12.9. The van der Waals surface area contributed by atoms with Gasteiger partial charge in [-0.15, -0.1) is 0 Å². The Balaban J connectivity index is 1.65. The van der Waals surface area contributed by atoms with E-state index in [1.165, 1.54) is 19.2 Å². The summed E-state index contributed by atoms with van der Waals surface area (Å²) in [6.07, 6.45) is 0. The molecular weight excluding hydrogens is 365 g/mol. The first-order chi connectivity index (χ1) is 13.3. The fourth-order valence-corrected chi connectivity index (χ4v) is 2.96. The van der Waals surface area contributed by atoms with Crippen LogP contribution in [0.1, 0.15) is 18.1 Å². The number of hydrogen-bond acceptors (Lipinski definition) is 4. The molecule has 146 valence electrons. The van der Waals surface area contributed by atoms with E-state index in [2.05, 4.69) is 10.6 Å². The topological polar surface area (TPSA) is 87.7 Å². The van der Waals surface area contributed by atoms with Crippen molar-refractivity contribution >= 4 is 17.8 Å². The minimum absolute atomic E-state index is 0.165. The zero-order valence-corrected chi connectivity index (χ0v) is 15.5. The van der Waals surface area contributed by atoms with Gasteiger partial charge in [-0.25, -0.2) is 9.18 Å². The maximum absolute atomic E-state index is 12.9. The largest absolute Gasteiger partial charge is 0.497 e. The number of ether oxygens (including phenoxy) is 1. The van der Waals surface area contributed by atoms with Gasteiger partial charge in [-0.2, -0.15) is 0 Å². The van der Waals surface area contributed by atoms with Crippen LogP contribution in [0, 0.1) is 5.82 Å². The number of nitrogens with one attached hydrogen (secondary N) is 2. The molecule has 3 rings (SSSR count). The van der Waals surface area contributed by atoms with Gasteiger partial charge in [0.2, 0.25) is 5.91 Å². The monoisotopic (exact) mass is 385 g/mol. The summed E-state index contributed by atoms with van der Waals surface area (Å²) in [7, 11) is 1.53. The molecule has 1 saturated heterocycles. The van der Waals surface area contributed by atoms with Crippen LogP contribution in [-0.4, -0.2) is 36.4 Å². The zero-order chi connectivity index (χ0) is 20.3. The summed E-state index contributed by atoms with van der Waals surface area (Å²) in [5.74, 6) is -0.750. The zero-order valence-electron chi connectivity index (χ0n) is 15.5. The average molecular weight is 385 g/mol. The Hall–Kier alpha value is -3.42. The van der Waals surface area contributed by atoms with Gasteiger partial charge in [-0.05, 0) is 42.3 Å². The Kier molecular flexibility index (Phi) is 5.30. The number of rotatable bonds is 6. The summed E-state index contributed by atoms with van der Waals surface area (Å²) in [5.41, 5.74) is 0.0246. The lowest BCUT2D eigenvalue weighted by Crippen LogP contribution is -2.43. The Morgan fingerprint density at radius 3 is 2.39 bits per heavy atom. The van der Waals surface area contributed by atoms with Gasteiger partial charge >= 0.3 is 6.03 Å². The van der Waals surface area contributed by atoms with Crippen molar-refractivity contribution in [3.8, 4) is 5.75 Å². The molecule has 8 heteroatoms. The minimum atomic E-state index is -1.26. The third kappa shape index (κ3) is 3.80. The standard InChI is InChI=1S/C20H20FN3O4/c1-20(14-5-9-16(28-2)10-6-14)18(26)24(19(27)23-20)12-17(25)22-11-13-3-7-15(21)8-4-13/h3-10H,11-12H2,1-2H3,(H,22,25)(H,23,27)/t20-/m0/s1. The first-order valence-corrected chi connectivity index (χ1v) is 8.63. The van der Waals surface area contributed by atoms with Crippen LogP contribution in [0.15, 0.2) is 48.5 Å². The van der Waals surface area contributed by atoms with Crippen molar-refractivity contribution in [1.82, 2.24) is 15.5 Å². The molecule has 1 aliphatic rings. The predicted octanol–water partition coefficient (Wildman–Crippen LogP) is 1.92. The highest BCUT2D eigenvalue weighted by molar-refractivity contribution is 6.09. The lowest BCUT2D eigenvalue weighted by Gasteiger charge is -2.22. The first-order valence-electron chi connectivity index (χ1n) is 8.63. The van der Waals surface area contributed by atoms with E-state index < -0.39 is 29.9 Å². The van der Waals surface area contributed by atoms with Crippen LogP contribution in [-0.2, 0) is 21.7 Å². The van der Waals surface area contributed by atoms with Crippen molar-refractivity contribution < 1.29 is 23.5 Å². The number of urea groups is 1. The lowest BCUT2D eigenvalue weighted by atomic mass is 9.92. The molecule has 0 aliphatic carbocycles. The Labute approximate surface area is 161 Å². The molecule has 2 aromatic rings. The van der Waals surface area contributed by atoms with Gasteiger partial charge in [0.15, 0.2) is 0 Å². The van der Waals surface area contributed by atoms with Crippen molar-refractivity contribution in [1.29, 1.82) is 0 Å². The number of imide groups is 1. The van der Waals surface area contributed by atoms with Gasteiger partial charge < -0.3 is 15.4 Å². The van der Waals surface area contributed by atoms with Gasteiger partial charge in [0.05, 0.1) is 7.11 Å². The molecule has 0 spiro atoms. The van der Waals surface area contributed by atoms with Gasteiger partial charge in [-0.1, -0.05) is 24.3 Å². The van der Waals surface area contributed by atoms with E-state index in [0.29, 0.717) is 16.9 Å². The normalized spacial score (nSPS) is 18.8. The van der Waals surface area contributed by atoms with Crippen molar-refractivity contribution in [3.05, 3.63) is 65.5 Å². The smallest absolute Gasteiger partial charge is 0.325 e. The first kappa shape index (κ1) is 19.3. The predicted molar refractivity (Wildman–Crippen MR) is 98.8 cm³/mol. The number of nitrogens with zero attached hydrogens (tertiary/aromatic N) is 1. The number of methoxy groups -OCH3 is 1. The molecule has 0 saturated carbocycles. The molecule has 0 bridgehead atoms. The molecule has 2 N–H and O–H groups in total. The number of halogens is 1. The highest BCUT2D eigenvalue weighted by Gasteiger charge is 2.49. The van der Waals surface area contributed by atoms with Crippen molar-refractivity contribution in [2.45, 2.75) is 19.0 Å². The molecule has 1 fully saturated rings. The van der Waals surface area contributed by atoms with E-state index in [1.54, 1.807) is 43.3 Å². The van der Waals surface area contributed by atoms with E-state index in [4.69, 9.17) is 4.74 Å². The van der Waals surface area contributed by atoms with Crippen LogP contribution in [0.25, 0.3) is 0 Å². The third-order valence-corrected chi connectivity index (χ3v) is 4.65. The Bertz CT molecular complexity index is 899. The summed E-state index contributed by atoms with van der Waals surface area (Å²) in [6, 6.07) is 11.8. The minimum Gasteiger partial charge on any atom is -0.497 e. The van der Waals surface area contributed by atoms with E-state index in [0.717, 1.165) is 4.90 Å². The number of carbonyl (C=O) groups excluding carboxylic acids is 3. The summed E-state index contributed by atoms with van der Waals surface area (Å²) in [6.45, 7) is 1.35. The second-order valence-corrected chi connectivity index (χ2v) is 6.58. The SMILES string of the molecule is COc1ccc([C@]2(C)NC(=O)N(CC(=O)NCc3ccc(F)cc3)C2=O)cc1. The molecule has 1 heterocycles. The lowest BCUT2D eigenvalue weighted by molar-refractivity contribution is -0.134. The van der Waals surface area contributed by atoms with Crippen LogP contribution >= 0.6 is 0 Å². The molecule has 28 heavy (non-hydrogen) atoms. The maximum Gasteiger partial charge on any atom is 0.325 e. The Morgan fingerprint density at radius 2 is 1.79 bits per heavy atom. The molecule has 1 aliphatic heterocycles. The van der Waals surface area contributed by atoms with E-state index in [9.17, 15) is 18.8 Å². The average Bonchev–Trinajstić information content (AvgIpc) is 2.91. The fraction of sp³-hybridized carbons (Fsp3) is 0.250. The van der Waals surface area contributed by atoms with Gasteiger partial charge in [-0.3, -0.25) is 14.5 Å². The van der Waals surface area contributed by atoms with Crippen LogP contribution in [0.4, 0.5) is 9.18 Å². The third-order valence-electron chi connectivity index (χ3n) is 4.65. The Morgan fingerprint density at radius 1 is 1.14 bits per heavy atom. The van der Waals surface area contributed by atoms with Crippen LogP contribution in [0.5, 0.6) is 5.75 Å². The van der Waals surface area contributed by atoms with E-state index >= 15 is 0 Å². The van der Waals surface area contributed by atoms with Crippen molar-refractivity contribution in [2.75, 3.05) is 13.7 Å². The van der Waals surface area contributed by atoms with Crippen LogP contribution < -0.4 is 15.4 Å². The quantitative estimate of drug-likeness (QED) is 0.744. The van der Waals surface area contributed by atoms with Crippen molar-refractivity contribution in [2.24, 2.45) is 0 Å². The molecule has 4 amide bonds. The number of benzene rings is 2. The van der Waals surface area contributed by atoms with Crippen LogP contribution in [0.3, 0.4) is 0 Å². The second kappa shape index (κ2) is 7.67. The molecule has 0 radical (unpaired) electrons. The highest BCUT2D eigenvalue weighted by Crippen LogP contribution is 2.29. The number of amides is 4.